The third-order valence-electron chi connectivity index (χ3n) is 7.24. The number of carbonyl (C=O) groups is 2. The zero-order valence-electron chi connectivity index (χ0n) is 22.8. The van der Waals surface area contributed by atoms with Crippen LogP contribution in [0, 0.1) is 0 Å². The van der Waals surface area contributed by atoms with Crippen LogP contribution in [0.3, 0.4) is 0 Å². The van der Waals surface area contributed by atoms with Gasteiger partial charge >= 0.3 is 5.97 Å². The molecule has 0 aliphatic rings. The fourth-order valence-corrected chi connectivity index (χ4v) is 5.23. The number of ether oxygens (including phenoxy) is 1. The van der Waals surface area contributed by atoms with Crippen molar-refractivity contribution in [1.82, 2.24) is 10.3 Å². The van der Waals surface area contributed by atoms with Crippen molar-refractivity contribution >= 4 is 44.3 Å². The number of aromatic amines is 1. The second kappa shape index (κ2) is 12.3. The fraction of sp³-hybridized carbons (Fsp3) is 0.273. The SMILES string of the molecule is C[C@H](N)COC(=O)C(CCCCN)NC(=O)Cc1c(-c2ccc3ccccc3c2)[nH]c2c1ccc1ccccc12. The van der Waals surface area contributed by atoms with Gasteiger partial charge in [-0.15, -0.1) is 0 Å². The van der Waals surface area contributed by atoms with Crippen LogP contribution in [0.25, 0.3) is 43.7 Å². The minimum absolute atomic E-state index is 0.101. The summed E-state index contributed by atoms with van der Waals surface area (Å²) in [6, 6.07) is 25.9. The van der Waals surface area contributed by atoms with Gasteiger partial charge in [0.1, 0.15) is 12.6 Å². The predicted molar refractivity (Wildman–Crippen MR) is 162 cm³/mol. The van der Waals surface area contributed by atoms with Crippen molar-refractivity contribution in [2.24, 2.45) is 11.5 Å². The molecule has 0 saturated carbocycles. The minimum atomic E-state index is -0.757. The molecule has 0 bridgehead atoms. The Kier molecular flexibility index (Phi) is 8.43. The Labute approximate surface area is 233 Å². The lowest BCUT2D eigenvalue weighted by Crippen LogP contribution is -2.43. The Morgan fingerprint density at radius 2 is 1.62 bits per heavy atom. The van der Waals surface area contributed by atoms with E-state index in [0.717, 1.165) is 55.7 Å². The molecule has 0 fully saturated rings. The first kappa shape index (κ1) is 27.4. The van der Waals surface area contributed by atoms with Crippen LogP contribution in [0.15, 0.2) is 78.9 Å². The number of aromatic nitrogens is 1. The summed E-state index contributed by atoms with van der Waals surface area (Å²) in [5, 5.41) is 8.40. The lowest BCUT2D eigenvalue weighted by molar-refractivity contribution is -0.148. The monoisotopic (exact) mass is 536 g/mol. The van der Waals surface area contributed by atoms with E-state index in [2.05, 4.69) is 64.9 Å². The Hall–Kier alpha value is -4.20. The van der Waals surface area contributed by atoms with E-state index in [1.807, 2.05) is 24.3 Å². The van der Waals surface area contributed by atoms with Gasteiger partial charge in [0.2, 0.25) is 5.91 Å². The highest BCUT2D eigenvalue weighted by molar-refractivity contribution is 6.10. The Balaban J connectivity index is 1.51. The van der Waals surface area contributed by atoms with E-state index in [1.165, 1.54) is 0 Å². The van der Waals surface area contributed by atoms with Gasteiger partial charge in [0, 0.05) is 16.8 Å². The Morgan fingerprint density at radius 1 is 0.900 bits per heavy atom. The van der Waals surface area contributed by atoms with Crippen molar-refractivity contribution in [3.8, 4) is 11.3 Å². The summed E-state index contributed by atoms with van der Waals surface area (Å²) < 4.78 is 5.37. The maximum atomic E-state index is 13.5. The van der Waals surface area contributed by atoms with E-state index in [1.54, 1.807) is 6.92 Å². The molecule has 40 heavy (non-hydrogen) atoms. The highest BCUT2D eigenvalue weighted by Crippen LogP contribution is 2.36. The van der Waals surface area contributed by atoms with Crippen molar-refractivity contribution in [2.75, 3.05) is 13.2 Å². The summed E-state index contributed by atoms with van der Waals surface area (Å²) in [6.07, 6.45) is 2.02. The van der Waals surface area contributed by atoms with Crippen molar-refractivity contribution in [1.29, 1.82) is 0 Å². The van der Waals surface area contributed by atoms with Crippen LogP contribution in [0.4, 0.5) is 0 Å². The first-order chi connectivity index (χ1) is 19.4. The van der Waals surface area contributed by atoms with Crippen LogP contribution in [-0.2, 0) is 20.7 Å². The van der Waals surface area contributed by atoms with Crippen molar-refractivity contribution in [3.05, 3.63) is 84.4 Å². The average Bonchev–Trinajstić information content (AvgIpc) is 3.33. The van der Waals surface area contributed by atoms with Gasteiger partial charge in [0.25, 0.3) is 0 Å². The molecular formula is C33H36N4O3. The second-order valence-electron chi connectivity index (χ2n) is 10.4. The molecule has 2 atom stereocenters. The molecule has 0 radical (unpaired) electrons. The Morgan fingerprint density at radius 3 is 2.40 bits per heavy atom. The third kappa shape index (κ3) is 6.01. The van der Waals surface area contributed by atoms with Gasteiger partial charge in [-0.05, 0) is 66.1 Å². The summed E-state index contributed by atoms with van der Waals surface area (Å²) in [7, 11) is 0. The number of hydrogen-bond acceptors (Lipinski definition) is 5. The topological polar surface area (TPSA) is 123 Å². The maximum absolute atomic E-state index is 13.5. The molecule has 206 valence electrons. The first-order valence-electron chi connectivity index (χ1n) is 13.9. The summed E-state index contributed by atoms with van der Waals surface area (Å²) in [5.74, 6) is -0.714. The predicted octanol–water partition coefficient (Wildman–Crippen LogP) is 5.19. The largest absolute Gasteiger partial charge is 0.463 e. The zero-order chi connectivity index (χ0) is 28.1. The molecule has 1 aromatic heterocycles. The van der Waals surface area contributed by atoms with Gasteiger partial charge in [-0.3, -0.25) is 4.79 Å². The molecule has 7 heteroatoms. The number of H-pyrrole nitrogens is 1. The number of carbonyl (C=O) groups excluding carboxylic acids is 2. The van der Waals surface area contributed by atoms with Gasteiger partial charge in [0.15, 0.2) is 0 Å². The van der Waals surface area contributed by atoms with Crippen LogP contribution < -0.4 is 16.8 Å². The maximum Gasteiger partial charge on any atom is 0.328 e. The van der Waals surface area contributed by atoms with Crippen molar-refractivity contribution in [2.45, 2.75) is 44.7 Å². The molecule has 4 aromatic carbocycles. The number of benzene rings is 4. The molecule has 1 unspecified atom stereocenters. The van der Waals surface area contributed by atoms with Crippen molar-refractivity contribution < 1.29 is 14.3 Å². The first-order valence-corrected chi connectivity index (χ1v) is 13.9. The van der Waals surface area contributed by atoms with Crippen molar-refractivity contribution in [3.63, 3.8) is 0 Å². The molecule has 1 heterocycles. The van der Waals surface area contributed by atoms with E-state index in [9.17, 15) is 9.59 Å². The molecule has 0 aliphatic heterocycles. The molecule has 0 saturated heterocycles. The number of esters is 1. The fourth-order valence-electron chi connectivity index (χ4n) is 5.23. The van der Waals surface area contributed by atoms with Crippen LogP contribution in [0.1, 0.15) is 31.7 Å². The number of nitrogens with two attached hydrogens (primary N) is 2. The normalized spacial score (nSPS) is 13.0. The van der Waals surface area contributed by atoms with Gasteiger partial charge in [-0.1, -0.05) is 72.8 Å². The van der Waals surface area contributed by atoms with Crippen LogP contribution in [0.2, 0.25) is 0 Å². The summed E-state index contributed by atoms with van der Waals surface area (Å²) in [6.45, 7) is 2.39. The van der Waals surface area contributed by atoms with E-state index in [-0.39, 0.29) is 25.0 Å². The quantitative estimate of drug-likeness (QED) is 0.137. The average molecular weight is 537 g/mol. The summed E-state index contributed by atoms with van der Waals surface area (Å²) in [4.78, 5) is 30.0. The number of hydrogen-bond donors (Lipinski definition) is 4. The number of nitrogens with one attached hydrogen (secondary N) is 2. The van der Waals surface area contributed by atoms with E-state index in [4.69, 9.17) is 16.2 Å². The molecule has 7 nitrogen and oxygen atoms in total. The lowest BCUT2D eigenvalue weighted by atomic mass is 9.98. The number of unbranched alkanes of at least 4 members (excludes halogenated alkanes) is 1. The van der Waals surface area contributed by atoms with Gasteiger partial charge in [0.05, 0.1) is 17.6 Å². The van der Waals surface area contributed by atoms with Gasteiger partial charge in [-0.2, -0.15) is 0 Å². The number of amides is 1. The molecule has 1 amide bonds. The molecule has 6 N–H and O–H groups in total. The molecular weight excluding hydrogens is 500 g/mol. The number of rotatable bonds is 11. The number of fused-ring (bicyclic) bond motifs is 4. The molecule has 5 rings (SSSR count). The molecule has 0 spiro atoms. The molecule has 0 aliphatic carbocycles. The standard InChI is InChI=1S/C33H36N4O3/c1-21(35)20-40-33(39)29(12-6-7-17-34)36-30(38)19-28-27-16-15-23-9-4-5-11-26(23)32(27)37-31(28)25-14-13-22-8-2-3-10-24(22)18-25/h2-5,8-11,13-16,18,21,29,37H,6-7,12,17,19-20,34-35H2,1H3,(H,36,38)/t21-,29?/m0/s1. The minimum Gasteiger partial charge on any atom is -0.463 e. The van der Waals surface area contributed by atoms with E-state index >= 15 is 0 Å². The van der Waals surface area contributed by atoms with Gasteiger partial charge in [-0.25, -0.2) is 4.79 Å². The van der Waals surface area contributed by atoms with E-state index in [0.29, 0.717) is 19.4 Å². The third-order valence-corrected chi connectivity index (χ3v) is 7.24. The smallest absolute Gasteiger partial charge is 0.328 e. The van der Waals surface area contributed by atoms with E-state index < -0.39 is 12.0 Å². The summed E-state index contributed by atoms with van der Waals surface area (Å²) in [5.41, 5.74) is 15.2. The summed E-state index contributed by atoms with van der Waals surface area (Å²) >= 11 is 0. The van der Waals surface area contributed by atoms with Crippen LogP contribution in [-0.4, -0.2) is 42.1 Å². The van der Waals surface area contributed by atoms with Gasteiger partial charge < -0.3 is 26.5 Å². The molecule has 5 aromatic rings. The van der Waals surface area contributed by atoms with Crippen LogP contribution in [0.5, 0.6) is 0 Å². The lowest BCUT2D eigenvalue weighted by Gasteiger charge is -2.18. The zero-order valence-corrected chi connectivity index (χ0v) is 22.8. The Bertz CT molecular complexity index is 1660. The highest BCUT2D eigenvalue weighted by atomic mass is 16.5. The highest BCUT2D eigenvalue weighted by Gasteiger charge is 2.24. The van der Waals surface area contributed by atoms with Crippen LogP contribution >= 0.6 is 0 Å². The second-order valence-corrected chi connectivity index (χ2v) is 10.4.